The number of aromatic nitrogens is 6. The van der Waals surface area contributed by atoms with Crippen LogP contribution in [0.15, 0.2) is 6.20 Å². The Hall–Kier alpha value is -2.85. The Morgan fingerprint density at radius 2 is 2.00 bits per heavy atom. The molecule has 0 unspecified atom stereocenters. The van der Waals surface area contributed by atoms with Crippen LogP contribution in [0.2, 0.25) is 5.28 Å². The zero-order valence-corrected chi connectivity index (χ0v) is 17.3. The van der Waals surface area contributed by atoms with E-state index in [-0.39, 0.29) is 5.82 Å². The fourth-order valence-corrected chi connectivity index (χ4v) is 3.84. The maximum Gasteiger partial charge on any atom is 0.286 e. The molecule has 156 valence electrons. The molecule has 1 saturated carbocycles. The Balaban J connectivity index is 1.68. The molecule has 30 heavy (non-hydrogen) atoms. The number of nitrogens with two attached hydrogens (primary N) is 1. The first-order chi connectivity index (χ1) is 14.5. The molecule has 3 aromatic rings. The van der Waals surface area contributed by atoms with E-state index in [1.54, 1.807) is 6.92 Å². The minimum absolute atomic E-state index is 0.0347. The molecule has 2 N–H and O–H groups in total. The van der Waals surface area contributed by atoms with E-state index in [0.717, 1.165) is 6.54 Å². The zero-order valence-electron chi connectivity index (χ0n) is 16.5. The van der Waals surface area contributed by atoms with Gasteiger partial charge in [-0.3, -0.25) is 9.36 Å². The number of nitrogens with zero attached hydrogens (tertiary/aromatic N) is 7. The molecule has 1 aliphatic carbocycles. The van der Waals surface area contributed by atoms with E-state index < -0.39 is 5.91 Å². The van der Waals surface area contributed by atoms with Crippen LogP contribution in [0.4, 0.5) is 5.82 Å². The van der Waals surface area contributed by atoms with Gasteiger partial charge in [-0.05, 0) is 37.3 Å². The van der Waals surface area contributed by atoms with Gasteiger partial charge in [0.2, 0.25) is 11.1 Å². The van der Waals surface area contributed by atoms with Gasteiger partial charge in [0.15, 0.2) is 22.8 Å². The minimum Gasteiger partial charge on any atom is -0.378 e. The van der Waals surface area contributed by atoms with Crippen LogP contribution in [-0.4, -0.2) is 61.7 Å². The quantitative estimate of drug-likeness (QED) is 0.607. The van der Waals surface area contributed by atoms with E-state index in [0.29, 0.717) is 71.6 Å². The highest BCUT2D eigenvalue weighted by Gasteiger charge is 2.28. The monoisotopic (exact) mass is 428 g/mol. The molecule has 0 aromatic carbocycles. The van der Waals surface area contributed by atoms with Gasteiger partial charge in [0.25, 0.3) is 5.91 Å². The topological polar surface area (TPSA) is 125 Å². The van der Waals surface area contributed by atoms with Gasteiger partial charge < -0.3 is 15.4 Å². The van der Waals surface area contributed by atoms with E-state index in [4.69, 9.17) is 32.0 Å². The van der Waals surface area contributed by atoms with Crippen molar-refractivity contribution in [3.63, 3.8) is 0 Å². The second kappa shape index (κ2) is 7.44. The summed E-state index contributed by atoms with van der Waals surface area (Å²) in [5.41, 5.74) is 7.88. The summed E-state index contributed by atoms with van der Waals surface area (Å²) in [4.78, 5) is 36.0. The smallest absolute Gasteiger partial charge is 0.286 e. The Morgan fingerprint density at radius 1 is 1.23 bits per heavy atom. The van der Waals surface area contributed by atoms with Crippen molar-refractivity contribution in [3.8, 4) is 11.4 Å². The summed E-state index contributed by atoms with van der Waals surface area (Å²) in [6.45, 7) is 5.20. The van der Waals surface area contributed by atoms with Crippen LogP contribution in [0.25, 0.3) is 22.6 Å². The molecule has 5 rings (SSSR count). The Kier molecular flexibility index (Phi) is 4.75. The van der Waals surface area contributed by atoms with Crippen molar-refractivity contribution in [3.05, 3.63) is 23.0 Å². The lowest BCUT2D eigenvalue weighted by molar-refractivity contribution is 0.0990. The molecule has 3 aromatic heterocycles. The summed E-state index contributed by atoms with van der Waals surface area (Å²) in [7, 11) is 0. The maximum absolute atomic E-state index is 11.4. The second-order valence-electron chi connectivity index (χ2n) is 7.63. The van der Waals surface area contributed by atoms with Gasteiger partial charge in [-0.2, -0.15) is 0 Å². The number of hydrogen-bond donors (Lipinski definition) is 1. The normalized spacial score (nSPS) is 16.9. The van der Waals surface area contributed by atoms with Crippen LogP contribution in [-0.2, 0) is 11.3 Å². The lowest BCUT2D eigenvalue weighted by atomic mass is 10.2. The molecule has 10 nitrogen and oxygen atoms in total. The molecule has 1 aliphatic heterocycles. The van der Waals surface area contributed by atoms with E-state index in [2.05, 4.69) is 19.9 Å². The Labute approximate surface area is 177 Å². The van der Waals surface area contributed by atoms with Gasteiger partial charge in [0, 0.05) is 25.8 Å². The summed E-state index contributed by atoms with van der Waals surface area (Å²) in [6.07, 6.45) is 3.91. The lowest BCUT2D eigenvalue weighted by Crippen LogP contribution is -2.37. The van der Waals surface area contributed by atoms with Crippen molar-refractivity contribution in [2.45, 2.75) is 26.3 Å². The molecule has 2 aliphatic rings. The number of rotatable bonds is 5. The summed E-state index contributed by atoms with van der Waals surface area (Å²) in [5, 5.41) is 0.412. The van der Waals surface area contributed by atoms with E-state index in [1.165, 1.54) is 19.0 Å². The van der Waals surface area contributed by atoms with Gasteiger partial charge >= 0.3 is 0 Å². The Bertz CT molecular complexity index is 1140. The third-order valence-corrected chi connectivity index (χ3v) is 5.71. The van der Waals surface area contributed by atoms with Crippen molar-refractivity contribution >= 4 is 34.5 Å². The zero-order chi connectivity index (χ0) is 20.8. The van der Waals surface area contributed by atoms with Crippen molar-refractivity contribution in [1.82, 2.24) is 29.5 Å². The number of aryl methyl sites for hydroxylation is 1. The van der Waals surface area contributed by atoms with Gasteiger partial charge in [-0.25, -0.2) is 24.9 Å². The average Bonchev–Trinajstić information content (AvgIpc) is 3.51. The molecular formula is C19H21ClN8O2. The van der Waals surface area contributed by atoms with Gasteiger partial charge in [-0.1, -0.05) is 0 Å². The van der Waals surface area contributed by atoms with Crippen molar-refractivity contribution in [2.75, 3.05) is 31.2 Å². The third-order valence-electron chi connectivity index (χ3n) is 5.42. The van der Waals surface area contributed by atoms with Crippen LogP contribution in [0.3, 0.4) is 0 Å². The Morgan fingerprint density at radius 3 is 2.67 bits per heavy atom. The summed E-state index contributed by atoms with van der Waals surface area (Å²) in [5.74, 6) is 1.07. The summed E-state index contributed by atoms with van der Waals surface area (Å²) < 4.78 is 7.45. The number of ether oxygens (including phenoxy) is 1. The van der Waals surface area contributed by atoms with Crippen LogP contribution in [0, 0.1) is 12.8 Å². The number of amides is 1. The number of halogens is 1. The van der Waals surface area contributed by atoms with E-state index in [9.17, 15) is 4.79 Å². The van der Waals surface area contributed by atoms with Crippen LogP contribution in [0.5, 0.6) is 0 Å². The molecule has 0 bridgehead atoms. The number of carbonyl (C=O) groups excluding carboxylic acids is 1. The molecule has 11 heteroatoms. The summed E-state index contributed by atoms with van der Waals surface area (Å²) in [6, 6.07) is 0. The number of carbonyl (C=O) groups is 1. The van der Waals surface area contributed by atoms with Gasteiger partial charge in [-0.15, -0.1) is 0 Å². The number of morpholine rings is 1. The molecule has 0 spiro atoms. The fourth-order valence-electron chi connectivity index (χ4n) is 3.60. The van der Waals surface area contributed by atoms with E-state index in [1.807, 2.05) is 4.57 Å². The minimum atomic E-state index is -0.677. The molecule has 0 radical (unpaired) electrons. The highest BCUT2D eigenvalue weighted by Crippen LogP contribution is 2.35. The summed E-state index contributed by atoms with van der Waals surface area (Å²) >= 11 is 6.50. The van der Waals surface area contributed by atoms with Crippen LogP contribution >= 0.6 is 11.6 Å². The third kappa shape index (κ3) is 3.46. The number of imidazole rings is 1. The molecule has 4 heterocycles. The largest absolute Gasteiger partial charge is 0.378 e. The first-order valence-corrected chi connectivity index (χ1v) is 10.3. The van der Waals surface area contributed by atoms with Crippen LogP contribution < -0.4 is 10.6 Å². The predicted molar refractivity (Wildman–Crippen MR) is 110 cm³/mol. The number of hydrogen-bond acceptors (Lipinski definition) is 8. The molecule has 1 amide bonds. The average molecular weight is 429 g/mol. The van der Waals surface area contributed by atoms with Gasteiger partial charge in [0.1, 0.15) is 0 Å². The molecule has 2 fully saturated rings. The number of anilines is 1. The van der Waals surface area contributed by atoms with Crippen molar-refractivity contribution in [1.29, 1.82) is 0 Å². The second-order valence-corrected chi connectivity index (χ2v) is 7.97. The first-order valence-electron chi connectivity index (χ1n) is 9.91. The van der Waals surface area contributed by atoms with Crippen molar-refractivity contribution in [2.24, 2.45) is 11.7 Å². The van der Waals surface area contributed by atoms with Gasteiger partial charge in [0.05, 0.1) is 24.5 Å². The molecular weight excluding hydrogens is 408 g/mol. The number of fused-ring (bicyclic) bond motifs is 1. The molecule has 1 saturated heterocycles. The van der Waals surface area contributed by atoms with Crippen LogP contribution in [0.1, 0.15) is 29.2 Å². The standard InChI is InChI=1S/C19H21ClN8O2/c1-10-12(8-22-16(23-10)14(21)29)15-25-17(27-4-6-30-7-5-27)13-18(26-15)28(19(20)24-13)9-11-2-3-11/h8,11H,2-7,9H2,1H3,(H2,21,29). The van der Waals surface area contributed by atoms with Crippen molar-refractivity contribution < 1.29 is 9.53 Å². The highest BCUT2D eigenvalue weighted by molar-refractivity contribution is 6.29. The SMILES string of the molecule is Cc1nc(C(N)=O)ncc1-c1nc(N2CCOCC2)c2nc(Cl)n(CC3CC3)c2n1. The maximum atomic E-state index is 11.4. The number of primary amides is 1. The lowest BCUT2D eigenvalue weighted by Gasteiger charge is -2.28. The fraction of sp³-hybridized carbons (Fsp3) is 0.474. The van der Waals surface area contributed by atoms with E-state index >= 15 is 0 Å². The first kappa shape index (κ1) is 19.1. The molecule has 0 atom stereocenters. The predicted octanol–water partition coefficient (Wildman–Crippen LogP) is 1.59. The highest BCUT2D eigenvalue weighted by atomic mass is 35.5.